The number of nitrogens with two attached hydrogens (primary N) is 1. The van der Waals surface area contributed by atoms with Crippen LogP contribution in [0.15, 0.2) is 29.2 Å². The molecule has 0 aliphatic heterocycles. The molecule has 0 bridgehead atoms. The summed E-state index contributed by atoms with van der Waals surface area (Å²) in [5, 5.41) is 8.66. The maximum Gasteiger partial charge on any atom is 0.330 e. The molecular formula is C12H16N2O3S. The molecular weight excluding hydrogens is 252 g/mol. The summed E-state index contributed by atoms with van der Waals surface area (Å²) in [6.07, 6.45) is 1.98. The Balaban J connectivity index is 2.66. The summed E-state index contributed by atoms with van der Waals surface area (Å²) in [4.78, 5) is 24.7. The Kier molecular flexibility index (Phi) is 5.18. The van der Waals surface area contributed by atoms with E-state index < -0.39 is 17.9 Å². The summed E-state index contributed by atoms with van der Waals surface area (Å²) < 4.78 is 0. The van der Waals surface area contributed by atoms with Gasteiger partial charge in [-0.3, -0.25) is 4.79 Å². The molecule has 0 saturated heterocycles. The number of carboxylic acids is 1. The third kappa shape index (κ3) is 3.75. The number of benzene rings is 1. The average Bonchev–Trinajstić information content (AvgIpc) is 2.37. The Labute approximate surface area is 110 Å². The second-order valence-corrected chi connectivity index (χ2v) is 4.74. The predicted octanol–water partition coefficient (Wildman–Crippen LogP) is 0.779. The van der Waals surface area contributed by atoms with Gasteiger partial charge in [-0.25, -0.2) is 4.79 Å². The first-order chi connectivity index (χ1) is 8.45. The molecule has 98 valence electrons. The van der Waals surface area contributed by atoms with Crippen molar-refractivity contribution in [1.82, 2.24) is 4.90 Å². The molecule has 1 unspecified atom stereocenters. The molecule has 0 aromatic heterocycles. The van der Waals surface area contributed by atoms with Crippen LogP contribution in [0.25, 0.3) is 0 Å². The van der Waals surface area contributed by atoms with E-state index in [1.54, 1.807) is 11.8 Å². The van der Waals surface area contributed by atoms with Gasteiger partial charge >= 0.3 is 5.97 Å². The van der Waals surface area contributed by atoms with Crippen LogP contribution in [0.2, 0.25) is 0 Å². The van der Waals surface area contributed by atoms with Crippen molar-refractivity contribution in [1.29, 1.82) is 0 Å². The van der Waals surface area contributed by atoms with Crippen molar-refractivity contribution in [3.63, 3.8) is 0 Å². The van der Waals surface area contributed by atoms with Crippen LogP contribution >= 0.6 is 11.8 Å². The number of nitrogens with zero attached hydrogens (tertiary/aromatic N) is 1. The van der Waals surface area contributed by atoms with Gasteiger partial charge in [0.2, 0.25) is 0 Å². The first-order valence-corrected chi connectivity index (χ1v) is 6.54. The number of amides is 1. The van der Waals surface area contributed by atoms with Crippen LogP contribution in [0.5, 0.6) is 0 Å². The number of hydrogen-bond donors (Lipinski definition) is 2. The normalized spacial score (nSPS) is 11.9. The van der Waals surface area contributed by atoms with Crippen LogP contribution in [-0.4, -0.2) is 41.2 Å². The summed E-state index contributed by atoms with van der Waals surface area (Å²) in [6, 6.07) is 6.22. The smallest absolute Gasteiger partial charge is 0.330 e. The number of carbonyl (C=O) groups excluding carboxylic acids is 1. The maximum atomic E-state index is 11.6. The number of aliphatic carboxylic acids is 1. The standard InChI is InChI=1S/C12H16N2O3S/c1-14(11(15)10(13)12(16)17)7-8-3-5-9(18-2)6-4-8/h3-6,10H,7,13H2,1-2H3,(H,16,17). The second kappa shape index (κ2) is 6.42. The highest BCUT2D eigenvalue weighted by atomic mass is 32.2. The van der Waals surface area contributed by atoms with E-state index in [4.69, 9.17) is 10.8 Å². The molecule has 18 heavy (non-hydrogen) atoms. The maximum absolute atomic E-state index is 11.6. The van der Waals surface area contributed by atoms with Gasteiger partial charge in [-0.15, -0.1) is 11.8 Å². The van der Waals surface area contributed by atoms with E-state index in [0.717, 1.165) is 10.5 Å². The van der Waals surface area contributed by atoms with Gasteiger partial charge in [0.25, 0.3) is 5.91 Å². The van der Waals surface area contributed by atoms with Crippen molar-refractivity contribution in [2.75, 3.05) is 13.3 Å². The highest BCUT2D eigenvalue weighted by Crippen LogP contribution is 2.15. The highest BCUT2D eigenvalue weighted by molar-refractivity contribution is 7.98. The second-order valence-electron chi connectivity index (χ2n) is 3.86. The van der Waals surface area contributed by atoms with Crippen LogP contribution in [0.1, 0.15) is 5.56 Å². The molecule has 1 aromatic rings. The SMILES string of the molecule is CSc1ccc(CN(C)C(=O)C(N)C(=O)O)cc1. The Morgan fingerprint density at radius 1 is 1.39 bits per heavy atom. The first-order valence-electron chi connectivity index (χ1n) is 5.32. The minimum atomic E-state index is -1.50. The highest BCUT2D eigenvalue weighted by Gasteiger charge is 2.24. The molecule has 0 spiro atoms. The topological polar surface area (TPSA) is 83.6 Å². The monoisotopic (exact) mass is 268 g/mol. The number of thioether (sulfide) groups is 1. The van der Waals surface area contributed by atoms with Gasteiger partial charge in [0.15, 0.2) is 6.04 Å². The number of likely N-dealkylation sites (N-methyl/N-ethyl adjacent to an activating group) is 1. The van der Waals surface area contributed by atoms with Gasteiger partial charge < -0.3 is 15.7 Å². The van der Waals surface area contributed by atoms with E-state index in [-0.39, 0.29) is 0 Å². The Hall–Kier alpha value is -1.53. The van der Waals surface area contributed by atoms with E-state index >= 15 is 0 Å². The minimum absolute atomic E-state index is 0.342. The molecule has 0 fully saturated rings. The molecule has 0 aliphatic carbocycles. The number of carbonyl (C=O) groups is 2. The van der Waals surface area contributed by atoms with E-state index in [1.807, 2.05) is 30.5 Å². The average molecular weight is 268 g/mol. The fraction of sp³-hybridized carbons (Fsp3) is 0.333. The van der Waals surface area contributed by atoms with Crippen molar-refractivity contribution in [2.24, 2.45) is 5.73 Å². The number of carboxylic acid groups (broad SMARTS) is 1. The summed E-state index contributed by atoms with van der Waals surface area (Å²) >= 11 is 1.63. The summed E-state index contributed by atoms with van der Waals surface area (Å²) in [6.45, 7) is 0.342. The Morgan fingerprint density at radius 2 is 1.94 bits per heavy atom. The van der Waals surface area contributed by atoms with Crippen molar-refractivity contribution >= 4 is 23.6 Å². The predicted molar refractivity (Wildman–Crippen MR) is 70.3 cm³/mol. The van der Waals surface area contributed by atoms with E-state index in [9.17, 15) is 9.59 Å². The first kappa shape index (κ1) is 14.5. The van der Waals surface area contributed by atoms with E-state index in [0.29, 0.717) is 6.54 Å². The van der Waals surface area contributed by atoms with E-state index in [2.05, 4.69) is 0 Å². The van der Waals surface area contributed by atoms with Gasteiger partial charge in [0.05, 0.1) is 0 Å². The molecule has 0 saturated carbocycles. The quantitative estimate of drug-likeness (QED) is 0.609. The van der Waals surface area contributed by atoms with Crippen molar-refractivity contribution in [3.8, 4) is 0 Å². The van der Waals surface area contributed by atoms with E-state index in [1.165, 1.54) is 11.9 Å². The zero-order valence-electron chi connectivity index (χ0n) is 10.3. The lowest BCUT2D eigenvalue weighted by Gasteiger charge is -2.19. The molecule has 0 aliphatic rings. The molecule has 0 radical (unpaired) electrons. The molecule has 3 N–H and O–H groups in total. The molecule has 1 atom stereocenters. The van der Waals surface area contributed by atoms with Gasteiger partial charge in [-0.2, -0.15) is 0 Å². The van der Waals surface area contributed by atoms with Crippen LogP contribution in [0.4, 0.5) is 0 Å². The van der Waals surface area contributed by atoms with Crippen molar-refractivity contribution in [3.05, 3.63) is 29.8 Å². The summed E-state index contributed by atoms with van der Waals surface area (Å²) in [7, 11) is 1.54. The van der Waals surface area contributed by atoms with Crippen LogP contribution in [-0.2, 0) is 16.1 Å². The molecule has 6 heteroatoms. The molecule has 5 nitrogen and oxygen atoms in total. The summed E-state index contributed by atoms with van der Waals surface area (Å²) in [5.74, 6) is -1.92. The largest absolute Gasteiger partial charge is 0.480 e. The van der Waals surface area contributed by atoms with Crippen LogP contribution < -0.4 is 5.73 Å². The molecule has 1 aromatic carbocycles. The molecule has 1 amide bonds. The number of rotatable bonds is 5. The molecule has 0 heterocycles. The van der Waals surface area contributed by atoms with Crippen molar-refractivity contribution < 1.29 is 14.7 Å². The lowest BCUT2D eigenvalue weighted by Crippen LogP contribution is -2.46. The Morgan fingerprint density at radius 3 is 2.39 bits per heavy atom. The third-order valence-electron chi connectivity index (χ3n) is 2.49. The van der Waals surface area contributed by atoms with Crippen LogP contribution in [0.3, 0.4) is 0 Å². The van der Waals surface area contributed by atoms with Gasteiger partial charge in [-0.05, 0) is 24.0 Å². The van der Waals surface area contributed by atoms with Crippen LogP contribution in [0, 0.1) is 0 Å². The zero-order valence-corrected chi connectivity index (χ0v) is 11.1. The minimum Gasteiger partial charge on any atom is -0.480 e. The summed E-state index contributed by atoms with van der Waals surface area (Å²) in [5.41, 5.74) is 6.20. The molecule has 1 rings (SSSR count). The van der Waals surface area contributed by atoms with Gasteiger partial charge in [0, 0.05) is 18.5 Å². The fourth-order valence-corrected chi connectivity index (χ4v) is 1.83. The lowest BCUT2D eigenvalue weighted by molar-refractivity contribution is -0.146. The number of hydrogen-bond acceptors (Lipinski definition) is 4. The van der Waals surface area contributed by atoms with Gasteiger partial charge in [0.1, 0.15) is 0 Å². The fourth-order valence-electron chi connectivity index (χ4n) is 1.43. The van der Waals surface area contributed by atoms with Crippen molar-refractivity contribution in [2.45, 2.75) is 17.5 Å². The third-order valence-corrected chi connectivity index (χ3v) is 3.23. The lowest BCUT2D eigenvalue weighted by atomic mass is 10.2. The van der Waals surface area contributed by atoms with Gasteiger partial charge in [-0.1, -0.05) is 12.1 Å². The Bertz CT molecular complexity index is 433. The zero-order chi connectivity index (χ0) is 13.7.